The van der Waals surface area contributed by atoms with Crippen molar-refractivity contribution in [2.75, 3.05) is 95.5 Å². The van der Waals surface area contributed by atoms with E-state index in [2.05, 4.69) is 204 Å². The maximum absolute atomic E-state index is 13.2. The minimum absolute atomic E-state index is 0. The van der Waals surface area contributed by atoms with E-state index >= 15 is 0 Å². The van der Waals surface area contributed by atoms with Gasteiger partial charge in [0.1, 0.15) is 48.4 Å². The van der Waals surface area contributed by atoms with E-state index in [4.69, 9.17) is 69.4 Å². The van der Waals surface area contributed by atoms with Crippen LogP contribution in [-0.4, -0.2) is 128 Å². The van der Waals surface area contributed by atoms with Gasteiger partial charge in [0.2, 0.25) is 17.3 Å². The van der Waals surface area contributed by atoms with Gasteiger partial charge < -0.3 is 79.4 Å². The summed E-state index contributed by atoms with van der Waals surface area (Å²) in [6, 6.07) is 34.9. The van der Waals surface area contributed by atoms with Crippen molar-refractivity contribution in [3.05, 3.63) is 247 Å². The molecule has 4 aromatic carbocycles. The number of carbonyl (C=O) groups is 5. The van der Waals surface area contributed by atoms with Crippen molar-refractivity contribution in [2.24, 2.45) is 0 Å². The average molecular weight is 2640 g/mol. The molecule has 32 nitrogen and oxygen atoms in total. The Morgan fingerprint density at radius 2 is 0.842 bits per heavy atom. The number of pyridine rings is 4. The number of nitriles is 7. The zero-order chi connectivity index (χ0) is 99.2. The van der Waals surface area contributed by atoms with Crippen LogP contribution in [0.25, 0.3) is 6.08 Å². The van der Waals surface area contributed by atoms with Crippen LogP contribution in [0.3, 0.4) is 0 Å². The molecular weight excluding hydrogens is 2540 g/mol. The molecule has 7 heterocycles. The number of nitrogens with two attached hydrogens (primary N) is 1. The summed E-state index contributed by atoms with van der Waals surface area (Å²) in [6.45, 7) is 18.4. The number of fused-ring (bicyclic) bond motifs is 3. The summed E-state index contributed by atoms with van der Waals surface area (Å²) in [6.07, 6.45) is 8.16. The molecule has 702 valence electrons. The number of ketones is 1. The van der Waals surface area contributed by atoms with Crippen LogP contribution < -0.4 is 61.2 Å². The minimum atomic E-state index is -1.05. The summed E-state index contributed by atoms with van der Waals surface area (Å²) in [7, 11) is 5.90. The number of rotatable bonds is 23. The number of halogens is 7. The first-order valence-corrected chi connectivity index (χ1v) is 60.0. The van der Waals surface area contributed by atoms with E-state index in [1.807, 2.05) is 75.7 Å². The van der Waals surface area contributed by atoms with E-state index in [9.17, 15) is 54.5 Å². The van der Waals surface area contributed by atoms with E-state index in [0.29, 0.717) is 143 Å². The molecular formula is C93H99I7N15O17V. The van der Waals surface area contributed by atoms with E-state index in [-0.39, 0.29) is 79.3 Å². The fourth-order valence-corrected chi connectivity index (χ4v) is 13.1. The summed E-state index contributed by atoms with van der Waals surface area (Å²) in [4.78, 5) is 103. The van der Waals surface area contributed by atoms with Crippen molar-refractivity contribution in [3.63, 3.8) is 0 Å². The van der Waals surface area contributed by atoms with Gasteiger partial charge in [-0.25, -0.2) is 29.1 Å². The number of ether oxygens (including phenoxy) is 9. The second-order valence-corrected chi connectivity index (χ2v) is 66.7. The number of benzene rings is 4. The molecule has 0 bridgehead atoms. The first-order chi connectivity index (χ1) is 63.2. The number of aromatic amines is 2. The fraction of sp³-hybridized carbons (Fsp3) is 0.312. The van der Waals surface area contributed by atoms with Gasteiger partial charge >= 0.3 is 88.7 Å². The second-order valence-electron chi connectivity index (χ2n) is 26.9. The summed E-state index contributed by atoms with van der Waals surface area (Å²) in [5, 5.41) is 82.2. The van der Waals surface area contributed by atoms with Gasteiger partial charge in [0.15, 0.2) is 5.78 Å². The average Bonchev–Trinajstić information content (AvgIpc) is 0.751. The Morgan fingerprint density at radius 3 is 1.18 bits per heavy atom. The summed E-state index contributed by atoms with van der Waals surface area (Å²) in [5.41, 5.74) is 19.1. The summed E-state index contributed by atoms with van der Waals surface area (Å²) >= 11 is 16.2. The van der Waals surface area contributed by atoms with Crippen LogP contribution in [-0.2, 0) is 43.1 Å². The summed E-state index contributed by atoms with van der Waals surface area (Å²) < 4.78 is 50.0. The number of H-pyrrole nitrogens is 2. The zero-order valence-electron chi connectivity index (χ0n) is 74.7. The third-order valence-electron chi connectivity index (χ3n) is 18.8. The molecule has 3 aliphatic heterocycles. The normalized spacial score (nSPS) is 12.9. The number of esters is 3. The molecule has 0 saturated carbocycles. The van der Waals surface area contributed by atoms with Crippen molar-refractivity contribution in [2.45, 2.75) is 114 Å². The van der Waals surface area contributed by atoms with E-state index in [0.717, 1.165) is 33.6 Å². The molecule has 8 N–H and O–H groups in total. The Kier molecular flexibility index (Phi) is 55.6. The molecule has 4 aromatic heterocycles. The van der Waals surface area contributed by atoms with E-state index in [1.54, 1.807) is 112 Å². The van der Waals surface area contributed by atoms with Crippen molar-refractivity contribution in [3.8, 4) is 77.2 Å². The maximum atomic E-state index is 13.2. The standard InChI is InChI=1S/C24H24N4O4.C22H20N4O4.C21H21N3O4.C16H14N2O4.C6H8N2O.CH2I2.2CH3I.CH4.3HI.V/c1-5-31-23-21-20(17-8-7-16(12-26)11-18(17)30-4)19(24(29)32-10-6-9-25)15(3)28-22(21)14(2)13-27-23;1-12-11-25-21(27)19-18(15-6-5-14(10-24)9-16(15)29-3)17(13(2)26-20(12)19)22(28)30-8-4-7-23;1-5-28-20-18-17(14-7-6-13(9-22)8-15(14)27-4)16(21(25)26)12(3)24-19(18)11(2)10-23-20;1-11(19)14(16(20)22-7-3-6-17)9-13-5-4-12(10-18)8-15(13)21-2;1-4-3-8-6(9)2-5(4)7;2-1-3;2*1-2;;;;;/h7-8,11,13,20,28H,5-6,10H2,1-4H3;5-6,9,11,18,26H,4,8H2,1-3H3,(H,25,27);6-8,10,17,24H,5H2,1-4H3,(H,25,26);4-5,8-9H,3,7H2,1-2H3;2-3H,1H3,(H3,7,8,9);1H2;2*1H3;1H4;3*1H;/q;;;;;;;;;;;;+3/p-3/b;;;14-9+;;;;;;;;;. The predicted octanol–water partition coefficient (Wildman–Crippen LogP) is 19.9. The van der Waals surface area contributed by atoms with Crippen LogP contribution in [0.1, 0.15) is 169 Å². The van der Waals surface area contributed by atoms with Crippen molar-refractivity contribution in [1.82, 2.24) is 19.9 Å². The number of nitrogens with zero attached hydrogens (tertiary/aromatic N) is 9. The molecule has 3 aliphatic rings. The van der Waals surface area contributed by atoms with E-state index in [1.165, 1.54) is 56.0 Å². The number of Topliss-reactive ketones (excluding diaryl/α,β-unsaturated/α-hetero) is 1. The van der Waals surface area contributed by atoms with Gasteiger partial charge in [-0.1, -0.05) is 116 Å². The number of aryl methyl sites for hydroxylation is 4. The number of methoxy groups -OCH3 is 4. The second kappa shape index (κ2) is 62.3. The molecule has 40 heteroatoms. The van der Waals surface area contributed by atoms with Crippen LogP contribution in [0.4, 0.5) is 22.7 Å². The number of carboxylic acid groups (broad SMARTS) is 1. The molecule has 0 radical (unpaired) electrons. The molecule has 3 atom stereocenters. The van der Waals surface area contributed by atoms with Gasteiger partial charge in [0.05, 0.1) is 196 Å². The number of alkyl halides is 4. The van der Waals surface area contributed by atoms with Crippen LogP contribution >= 0.6 is 150 Å². The zero-order valence-corrected chi connectivity index (χ0v) is 91.2. The molecule has 8 aromatic rings. The molecule has 3 unspecified atom stereocenters. The number of hydrogen-bond acceptors (Lipinski definition) is 29. The topological polar surface area (TPSA) is 509 Å². The van der Waals surface area contributed by atoms with E-state index < -0.39 is 47.4 Å². The summed E-state index contributed by atoms with van der Waals surface area (Å²) in [5.74, 6) is -3.12. The number of aromatic nitrogens is 4. The quantitative estimate of drug-likeness (QED) is 0.00457. The van der Waals surface area contributed by atoms with Gasteiger partial charge in [0.25, 0.3) is 5.56 Å². The Morgan fingerprint density at radius 1 is 0.504 bits per heavy atom. The first kappa shape index (κ1) is 119. The Hall–Kier alpha value is -10.3. The third kappa shape index (κ3) is 33.9. The number of carbonyl (C=O) groups excluding carboxylic acids is 4. The molecule has 11 rings (SSSR count). The van der Waals surface area contributed by atoms with Crippen LogP contribution in [0.5, 0.6) is 34.8 Å². The molecule has 0 spiro atoms. The number of hydrogen-bond donors (Lipinski definition) is 7. The monoisotopic (exact) mass is 2640 g/mol. The van der Waals surface area contributed by atoms with Gasteiger partial charge in [-0.15, -0.1) is 0 Å². The van der Waals surface area contributed by atoms with Crippen molar-refractivity contribution in [1.29, 1.82) is 36.8 Å². The molecule has 133 heavy (non-hydrogen) atoms. The molecule has 0 fully saturated rings. The predicted molar refractivity (Wildman–Crippen MR) is 565 cm³/mol. The first-order valence-electron chi connectivity index (χ1n) is 39.1. The SMILES string of the molecule is C.CCOc1ncc(C)c2c1C(c1ccc(C#N)cc1OC)C(C(=O)O)=C(C)N2.CCOc1ncc(C)c2c1C(c1ccc(C#N)cc1OC)C(C(=O)OCCC#N)=C(C)N2.CI.CI.COc1cc(C#N)ccc1/C=C(\C(C)=O)C(=O)OCCC#N.COc1cc(C#N)ccc1C1C(C(=O)OCCC#N)=C(C)Nc2c(C)c[nH]c(=O)c21.Cc1c[nH]c(=O)cc1N.ICI.[I][V]([I])[I]. The van der Waals surface area contributed by atoms with Crippen molar-refractivity contribution < 1.29 is 76.6 Å². The number of aliphatic carboxylic acids is 1. The number of carboxylic acids is 1. The Bertz CT molecular complexity index is 6030. The Labute approximate surface area is 865 Å². The number of nitrogen functional groups attached to an aromatic ring is 1. The fourth-order valence-electron chi connectivity index (χ4n) is 13.1. The van der Waals surface area contributed by atoms with Gasteiger partial charge in [-0.3, -0.25) is 14.4 Å². The van der Waals surface area contributed by atoms with Crippen LogP contribution in [0.2, 0.25) is 0 Å². The van der Waals surface area contributed by atoms with Gasteiger partial charge in [0, 0.05) is 75.9 Å². The van der Waals surface area contributed by atoms with Gasteiger partial charge in [-0.2, -0.15) is 36.8 Å². The van der Waals surface area contributed by atoms with Crippen molar-refractivity contribution >= 4 is 209 Å². The number of anilines is 4. The van der Waals surface area contributed by atoms with Crippen LogP contribution in [0, 0.1) is 107 Å². The molecule has 0 amide bonds. The van der Waals surface area contributed by atoms with Gasteiger partial charge in [-0.05, 0) is 162 Å². The third-order valence-corrected chi connectivity index (χ3v) is 18.8. The number of nitrogens with one attached hydrogen (secondary N) is 5. The Balaban J connectivity index is 0.000000562. The molecule has 0 saturated heterocycles. The molecule has 0 aliphatic carbocycles. The number of allylic oxidation sites excluding steroid dienone is 3. The van der Waals surface area contributed by atoms with Crippen LogP contribution in [0.15, 0.2) is 153 Å².